The maximum Gasteiger partial charge on any atom is 0.323 e. The number of aliphatic hydroxyl groups is 1. The van der Waals surface area contributed by atoms with Crippen LogP contribution in [0.1, 0.15) is 22.4 Å². The van der Waals surface area contributed by atoms with Crippen LogP contribution in [-0.2, 0) is 18.1 Å². The van der Waals surface area contributed by atoms with E-state index in [1.807, 2.05) is 0 Å². The summed E-state index contributed by atoms with van der Waals surface area (Å²) in [4.78, 5) is 3.75. The maximum absolute atomic E-state index is 15.7. The molecule has 0 amide bonds. The quantitative estimate of drug-likeness (QED) is 0.339. The first-order chi connectivity index (χ1) is 16.2. The molecule has 6 nitrogen and oxygen atoms in total. The van der Waals surface area contributed by atoms with Crippen molar-refractivity contribution >= 4 is 11.6 Å². The van der Waals surface area contributed by atoms with Crippen LogP contribution >= 0.6 is 11.6 Å². The van der Waals surface area contributed by atoms with Gasteiger partial charge in [-0.05, 0) is 59.0 Å². The van der Waals surface area contributed by atoms with Crippen molar-refractivity contribution in [3.8, 4) is 11.8 Å². The second-order valence-electron chi connectivity index (χ2n) is 7.26. The number of hydrogen-bond acceptors (Lipinski definition) is 5. The van der Waals surface area contributed by atoms with Gasteiger partial charge in [0.1, 0.15) is 23.7 Å². The van der Waals surface area contributed by atoms with E-state index in [0.717, 1.165) is 35.4 Å². The second kappa shape index (κ2) is 9.21. The number of halogens is 5. The first-order valence-electron chi connectivity index (χ1n) is 9.70. The van der Waals surface area contributed by atoms with Gasteiger partial charge >= 0.3 is 5.92 Å². The summed E-state index contributed by atoms with van der Waals surface area (Å²) in [5.41, 5.74) is -3.93. The smallest absolute Gasteiger partial charge is 0.323 e. The van der Waals surface area contributed by atoms with Gasteiger partial charge < -0.3 is 5.11 Å². The molecular weight excluding hydrogens is 474 g/mol. The van der Waals surface area contributed by atoms with Gasteiger partial charge in [-0.2, -0.15) is 8.78 Å². The van der Waals surface area contributed by atoms with Gasteiger partial charge in [0.15, 0.2) is 5.60 Å². The summed E-state index contributed by atoms with van der Waals surface area (Å²) in [7, 11) is 0. The Balaban J connectivity index is 1.71. The molecule has 0 saturated heterocycles. The van der Waals surface area contributed by atoms with Crippen molar-refractivity contribution in [3.63, 3.8) is 0 Å². The van der Waals surface area contributed by atoms with Crippen molar-refractivity contribution in [2.24, 2.45) is 0 Å². The lowest BCUT2D eigenvalue weighted by Gasteiger charge is -2.35. The van der Waals surface area contributed by atoms with E-state index in [4.69, 9.17) is 11.6 Å². The molecule has 0 spiro atoms. The highest BCUT2D eigenvalue weighted by Crippen LogP contribution is 2.46. The van der Waals surface area contributed by atoms with Crippen molar-refractivity contribution in [1.82, 2.24) is 25.2 Å². The molecule has 0 aliphatic rings. The summed E-state index contributed by atoms with van der Waals surface area (Å²) in [5, 5.41) is 21.8. The van der Waals surface area contributed by atoms with Crippen molar-refractivity contribution < 1.29 is 22.7 Å². The maximum atomic E-state index is 15.7. The molecule has 1 atom stereocenters. The molecule has 1 unspecified atom stereocenters. The number of alkyl halides is 2. The van der Waals surface area contributed by atoms with Crippen LogP contribution in [0.2, 0.25) is 5.02 Å². The van der Waals surface area contributed by atoms with E-state index >= 15 is 8.78 Å². The first-order valence-corrected chi connectivity index (χ1v) is 10.1. The normalized spacial score (nSPS) is 13.1. The number of aromatic nitrogens is 5. The molecule has 11 heteroatoms. The fraction of sp³-hybridized carbons (Fsp3) is 0.130. The number of benzene rings is 2. The minimum absolute atomic E-state index is 0.325. The highest BCUT2D eigenvalue weighted by atomic mass is 35.5. The van der Waals surface area contributed by atoms with E-state index in [0.29, 0.717) is 22.2 Å². The molecule has 0 aliphatic heterocycles. The second-order valence-corrected chi connectivity index (χ2v) is 7.69. The van der Waals surface area contributed by atoms with E-state index in [-0.39, 0.29) is 0 Å². The van der Waals surface area contributed by atoms with Gasteiger partial charge in [0.25, 0.3) is 0 Å². The minimum Gasteiger partial charge on any atom is -0.377 e. The summed E-state index contributed by atoms with van der Waals surface area (Å²) >= 11 is 5.83. The molecule has 4 aromatic rings. The fourth-order valence-electron chi connectivity index (χ4n) is 3.21. The predicted molar refractivity (Wildman–Crippen MR) is 114 cm³/mol. The Morgan fingerprint density at radius 2 is 1.68 bits per heavy atom. The lowest BCUT2D eigenvalue weighted by molar-refractivity contribution is -0.207. The van der Waals surface area contributed by atoms with Crippen LogP contribution < -0.4 is 0 Å². The average Bonchev–Trinajstić information content (AvgIpc) is 3.31. The lowest BCUT2D eigenvalue weighted by Crippen LogP contribution is -2.48. The van der Waals surface area contributed by atoms with Crippen molar-refractivity contribution in [2.45, 2.75) is 18.1 Å². The summed E-state index contributed by atoms with van der Waals surface area (Å²) < 4.78 is 60.1. The Labute approximate surface area is 195 Å². The Morgan fingerprint density at radius 1 is 0.971 bits per heavy atom. The van der Waals surface area contributed by atoms with Gasteiger partial charge in [-0.25, -0.2) is 13.5 Å². The molecule has 2 aromatic heterocycles. The standard InChI is InChI=1S/C23H14ClF4N5O/c24-17-6-3-15(4-7-17)1-2-16-5-10-21(29-12-16)23(27,28)22(34,13-33-14-30-31-32-33)19-9-8-18(25)11-20(19)26/h3-12,14,34H,13H2. The van der Waals surface area contributed by atoms with Gasteiger partial charge in [0.2, 0.25) is 0 Å². The highest BCUT2D eigenvalue weighted by Gasteiger charge is 2.57. The minimum atomic E-state index is -4.14. The third-order valence-electron chi connectivity index (χ3n) is 4.96. The summed E-state index contributed by atoms with van der Waals surface area (Å²) in [6.07, 6.45) is 2.08. The first kappa shape index (κ1) is 23.4. The van der Waals surface area contributed by atoms with Crippen LogP contribution in [0.3, 0.4) is 0 Å². The van der Waals surface area contributed by atoms with Crippen LogP contribution in [0.4, 0.5) is 17.6 Å². The zero-order chi connectivity index (χ0) is 24.3. The molecule has 0 aliphatic carbocycles. The summed E-state index contributed by atoms with van der Waals surface area (Å²) in [6.45, 7) is -0.935. The number of rotatable bonds is 5. The molecule has 0 radical (unpaired) electrons. The van der Waals surface area contributed by atoms with Crippen LogP contribution in [0.5, 0.6) is 0 Å². The van der Waals surface area contributed by atoms with Crippen molar-refractivity contribution in [2.75, 3.05) is 0 Å². The monoisotopic (exact) mass is 487 g/mol. The van der Waals surface area contributed by atoms with Gasteiger partial charge in [-0.15, -0.1) is 5.10 Å². The lowest BCUT2D eigenvalue weighted by atomic mass is 9.84. The van der Waals surface area contributed by atoms with Crippen LogP contribution in [0, 0.1) is 23.5 Å². The van der Waals surface area contributed by atoms with Crippen LogP contribution in [-0.4, -0.2) is 30.3 Å². The number of hydrogen-bond donors (Lipinski definition) is 1. The van der Waals surface area contributed by atoms with Gasteiger partial charge in [0, 0.05) is 34.0 Å². The Morgan fingerprint density at radius 3 is 2.29 bits per heavy atom. The third kappa shape index (κ3) is 4.62. The largest absolute Gasteiger partial charge is 0.377 e. The number of pyridine rings is 1. The molecule has 0 bridgehead atoms. The molecule has 34 heavy (non-hydrogen) atoms. The van der Waals surface area contributed by atoms with E-state index in [9.17, 15) is 13.9 Å². The van der Waals surface area contributed by atoms with Crippen LogP contribution in [0.25, 0.3) is 0 Å². The summed E-state index contributed by atoms with van der Waals surface area (Å²) in [6, 6.07) is 10.9. The SMILES string of the molecule is OC(Cn1cnnn1)(c1ccc(F)cc1F)C(F)(F)c1ccc(C#Cc2ccc(Cl)cc2)cn1. The predicted octanol–water partition coefficient (Wildman–Crippen LogP) is 4.08. The molecule has 0 fully saturated rings. The zero-order valence-electron chi connectivity index (χ0n) is 17.1. The van der Waals surface area contributed by atoms with Crippen LogP contribution in [0.15, 0.2) is 67.1 Å². The average molecular weight is 488 g/mol. The fourth-order valence-corrected chi connectivity index (χ4v) is 3.33. The molecule has 172 valence electrons. The van der Waals surface area contributed by atoms with Gasteiger partial charge in [-0.3, -0.25) is 4.98 Å². The molecule has 1 N–H and O–H groups in total. The van der Waals surface area contributed by atoms with E-state index in [2.05, 4.69) is 32.4 Å². The third-order valence-corrected chi connectivity index (χ3v) is 5.21. The summed E-state index contributed by atoms with van der Waals surface area (Å²) in [5.74, 6) is -0.855. The highest BCUT2D eigenvalue weighted by molar-refractivity contribution is 6.30. The van der Waals surface area contributed by atoms with Gasteiger partial charge in [0.05, 0.1) is 6.54 Å². The number of tetrazole rings is 1. The topological polar surface area (TPSA) is 76.7 Å². The molecule has 2 heterocycles. The number of nitrogens with zero attached hydrogens (tertiary/aromatic N) is 5. The van der Waals surface area contributed by atoms with Gasteiger partial charge in [-0.1, -0.05) is 23.4 Å². The molecular formula is C23H14ClF4N5O. The molecule has 4 rings (SSSR count). The Kier molecular flexibility index (Phi) is 6.32. The van der Waals surface area contributed by atoms with E-state index in [1.165, 1.54) is 6.07 Å². The zero-order valence-corrected chi connectivity index (χ0v) is 17.9. The van der Waals surface area contributed by atoms with Crippen molar-refractivity contribution in [1.29, 1.82) is 0 Å². The van der Waals surface area contributed by atoms with E-state index in [1.54, 1.807) is 24.3 Å². The molecule has 0 saturated carbocycles. The molecule has 2 aromatic carbocycles. The van der Waals surface area contributed by atoms with Crippen molar-refractivity contribution in [3.05, 3.63) is 106 Å². The Hall–Kier alpha value is -3.81. The van der Waals surface area contributed by atoms with E-state index < -0.39 is 41.0 Å². The Bertz CT molecular complexity index is 1350.